The molecule has 3 heterocycles. The van der Waals surface area contributed by atoms with Gasteiger partial charge in [0.15, 0.2) is 9.84 Å². The van der Waals surface area contributed by atoms with Crippen LogP contribution in [0.3, 0.4) is 0 Å². The minimum absolute atomic E-state index is 0.0636. The monoisotopic (exact) mass is 575 g/mol. The number of nitrogens with zero attached hydrogens (tertiary/aromatic N) is 3. The van der Waals surface area contributed by atoms with Crippen molar-refractivity contribution < 1.29 is 27.5 Å². The van der Waals surface area contributed by atoms with Gasteiger partial charge in [0.2, 0.25) is 5.91 Å². The number of carbonyl (C=O) groups excluding carboxylic acids is 3. The van der Waals surface area contributed by atoms with Gasteiger partial charge in [0.1, 0.15) is 5.69 Å². The van der Waals surface area contributed by atoms with E-state index in [1.165, 1.54) is 24.3 Å². The largest absolute Gasteiger partial charge is 0.465 e. The molecule has 0 atom stereocenters. The van der Waals surface area contributed by atoms with Gasteiger partial charge in [-0.3, -0.25) is 19.5 Å². The van der Waals surface area contributed by atoms with Crippen LogP contribution < -0.4 is 15.5 Å². The summed E-state index contributed by atoms with van der Waals surface area (Å²) in [4.78, 5) is 45.8. The van der Waals surface area contributed by atoms with Gasteiger partial charge in [-0.15, -0.1) is 0 Å². The van der Waals surface area contributed by atoms with Gasteiger partial charge in [-0.25, -0.2) is 13.2 Å². The van der Waals surface area contributed by atoms with Crippen LogP contribution in [-0.4, -0.2) is 81.4 Å². The van der Waals surface area contributed by atoms with Crippen molar-refractivity contribution in [2.75, 3.05) is 60.8 Å². The summed E-state index contributed by atoms with van der Waals surface area (Å²) >= 11 is 0. The van der Waals surface area contributed by atoms with Gasteiger partial charge in [0.05, 0.1) is 47.7 Å². The molecular weight excluding hydrogens is 546 g/mol. The summed E-state index contributed by atoms with van der Waals surface area (Å²) in [6.07, 6.45) is 1.37. The van der Waals surface area contributed by atoms with Gasteiger partial charge < -0.3 is 20.3 Å². The molecule has 0 spiro atoms. The van der Waals surface area contributed by atoms with Crippen LogP contribution in [0.15, 0.2) is 66.9 Å². The number of pyridine rings is 1. The Balaban J connectivity index is 1.39. The van der Waals surface area contributed by atoms with Crippen molar-refractivity contribution in [1.29, 1.82) is 0 Å². The lowest BCUT2D eigenvalue weighted by Crippen LogP contribution is -2.45. The summed E-state index contributed by atoms with van der Waals surface area (Å²) in [5.41, 5.74) is 3.98. The van der Waals surface area contributed by atoms with E-state index < -0.39 is 15.8 Å². The molecule has 2 aliphatic rings. The number of esters is 1. The molecule has 2 amide bonds. The number of ether oxygens (including phenoxy) is 1. The zero-order chi connectivity index (χ0) is 29.1. The first-order chi connectivity index (χ1) is 19.6. The summed E-state index contributed by atoms with van der Waals surface area (Å²) in [7, 11) is -0.0620. The SMILES string of the molecule is COC(=O)c1cnc2c(c1)NC(=O)C2=C(Nc1ccc(N(C)C(=O)CN2CCS(=O)(=O)CC2)cc1)c1ccccc1. The fraction of sp³-hybridized carbons (Fsp3) is 0.241. The van der Waals surface area contributed by atoms with Gasteiger partial charge in [0, 0.05) is 37.7 Å². The summed E-state index contributed by atoms with van der Waals surface area (Å²) in [6.45, 7) is 0.823. The van der Waals surface area contributed by atoms with E-state index in [9.17, 15) is 22.8 Å². The van der Waals surface area contributed by atoms with Crippen molar-refractivity contribution in [3.8, 4) is 0 Å². The fourth-order valence-corrected chi connectivity index (χ4v) is 5.94. The van der Waals surface area contributed by atoms with Crippen LogP contribution >= 0.6 is 0 Å². The van der Waals surface area contributed by atoms with Crippen molar-refractivity contribution in [2.24, 2.45) is 0 Å². The maximum absolute atomic E-state index is 13.2. The number of hydrogen-bond acceptors (Lipinski definition) is 9. The Morgan fingerprint density at radius 3 is 2.39 bits per heavy atom. The molecule has 1 saturated heterocycles. The molecule has 0 saturated carbocycles. The third-order valence-electron chi connectivity index (χ3n) is 7.03. The normalized spacial score (nSPS) is 17.3. The quantitative estimate of drug-likeness (QED) is 0.321. The van der Waals surface area contributed by atoms with Crippen molar-refractivity contribution >= 4 is 56.0 Å². The van der Waals surface area contributed by atoms with E-state index in [2.05, 4.69) is 15.6 Å². The Hall–Kier alpha value is -4.55. The molecule has 1 aromatic heterocycles. The smallest absolute Gasteiger partial charge is 0.339 e. The maximum Gasteiger partial charge on any atom is 0.339 e. The number of likely N-dealkylation sites (N-methyl/N-ethyl adjacent to an activating group) is 1. The highest BCUT2D eigenvalue weighted by Gasteiger charge is 2.31. The number of fused-ring (bicyclic) bond motifs is 1. The highest BCUT2D eigenvalue weighted by atomic mass is 32.2. The van der Waals surface area contributed by atoms with E-state index in [4.69, 9.17) is 4.74 Å². The first kappa shape index (κ1) is 28.0. The average molecular weight is 576 g/mol. The molecule has 0 radical (unpaired) electrons. The van der Waals surface area contributed by atoms with Crippen LogP contribution in [-0.2, 0) is 24.2 Å². The Labute approximate surface area is 237 Å². The zero-order valence-corrected chi connectivity index (χ0v) is 23.4. The number of nitrogens with one attached hydrogen (secondary N) is 2. The third-order valence-corrected chi connectivity index (χ3v) is 8.64. The van der Waals surface area contributed by atoms with Crippen LogP contribution in [0.5, 0.6) is 0 Å². The van der Waals surface area contributed by atoms with Crippen molar-refractivity contribution in [3.05, 3.63) is 83.7 Å². The van der Waals surface area contributed by atoms with Crippen LogP contribution in [0.2, 0.25) is 0 Å². The first-order valence-corrected chi connectivity index (χ1v) is 14.7. The second-order valence-corrected chi connectivity index (χ2v) is 12.0. The highest BCUT2D eigenvalue weighted by molar-refractivity contribution is 7.91. The average Bonchev–Trinajstić information content (AvgIpc) is 3.31. The topological polar surface area (TPSA) is 138 Å². The molecule has 11 nitrogen and oxygen atoms in total. The van der Waals surface area contributed by atoms with Gasteiger partial charge >= 0.3 is 5.97 Å². The summed E-state index contributed by atoms with van der Waals surface area (Å²) in [6, 6.07) is 18.1. The second-order valence-electron chi connectivity index (χ2n) is 9.73. The lowest BCUT2D eigenvalue weighted by molar-refractivity contribution is -0.119. The number of methoxy groups -OCH3 is 1. The lowest BCUT2D eigenvalue weighted by atomic mass is 10.0. The number of aromatic nitrogens is 1. The van der Waals surface area contributed by atoms with Crippen molar-refractivity contribution in [3.63, 3.8) is 0 Å². The molecule has 3 aromatic rings. The number of sulfone groups is 1. The van der Waals surface area contributed by atoms with E-state index in [-0.39, 0.29) is 35.4 Å². The van der Waals surface area contributed by atoms with E-state index >= 15 is 0 Å². The summed E-state index contributed by atoms with van der Waals surface area (Å²) in [5.74, 6) is -0.940. The molecule has 212 valence electrons. The number of anilines is 3. The van der Waals surface area contributed by atoms with Crippen LogP contribution in [0.25, 0.3) is 11.3 Å². The Morgan fingerprint density at radius 2 is 1.73 bits per heavy atom. The molecule has 5 rings (SSSR count). The minimum atomic E-state index is -3.02. The fourth-order valence-electron chi connectivity index (χ4n) is 4.66. The number of amides is 2. The standard InChI is InChI=1S/C29H29N5O6S/c1-33(24(35)18-34-12-14-41(38,39)15-13-34)22-10-8-21(9-11-22)31-26(19-6-4-3-5-7-19)25-27-23(32-28(25)36)16-20(17-30-27)29(37)40-2/h3-11,16-17,31H,12-15,18H2,1-2H3,(H,32,36). The number of hydrogen-bond donors (Lipinski definition) is 2. The van der Waals surface area contributed by atoms with Crippen LogP contribution in [0.4, 0.5) is 17.1 Å². The Kier molecular flexibility index (Phi) is 7.86. The first-order valence-electron chi connectivity index (χ1n) is 12.9. The van der Waals surface area contributed by atoms with Gasteiger partial charge in [-0.05, 0) is 35.9 Å². The lowest BCUT2D eigenvalue weighted by Gasteiger charge is -2.28. The van der Waals surface area contributed by atoms with Gasteiger partial charge in [-0.2, -0.15) is 0 Å². The molecule has 0 aliphatic carbocycles. The molecule has 41 heavy (non-hydrogen) atoms. The predicted molar refractivity (Wildman–Crippen MR) is 156 cm³/mol. The minimum Gasteiger partial charge on any atom is -0.465 e. The predicted octanol–water partition coefficient (Wildman–Crippen LogP) is 2.49. The molecule has 1 fully saturated rings. The molecule has 2 N–H and O–H groups in total. The van der Waals surface area contributed by atoms with Crippen LogP contribution in [0, 0.1) is 0 Å². The van der Waals surface area contributed by atoms with Gasteiger partial charge in [-0.1, -0.05) is 30.3 Å². The van der Waals surface area contributed by atoms with E-state index in [0.717, 1.165) is 5.56 Å². The van der Waals surface area contributed by atoms with E-state index in [1.807, 2.05) is 35.2 Å². The zero-order valence-electron chi connectivity index (χ0n) is 22.6. The molecular formula is C29H29N5O6S. The summed E-state index contributed by atoms with van der Waals surface area (Å²) in [5, 5.41) is 6.13. The Morgan fingerprint density at radius 1 is 1.05 bits per heavy atom. The summed E-state index contributed by atoms with van der Waals surface area (Å²) < 4.78 is 28.1. The maximum atomic E-state index is 13.2. The molecule has 0 bridgehead atoms. The van der Waals surface area contributed by atoms with E-state index in [1.54, 1.807) is 31.3 Å². The molecule has 2 aliphatic heterocycles. The number of benzene rings is 2. The number of rotatable bonds is 7. The van der Waals surface area contributed by atoms with Crippen molar-refractivity contribution in [2.45, 2.75) is 0 Å². The molecule has 12 heteroatoms. The second kappa shape index (κ2) is 11.5. The van der Waals surface area contributed by atoms with Gasteiger partial charge in [0.25, 0.3) is 5.91 Å². The molecule has 0 unspecified atom stereocenters. The van der Waals surface area contributed by atoms with E-state index in [0.29, 0.717) is 47.1 Å². The molecule has 2 aromatic carbocycles. The third kappa shape index (κ3) is 6.13. The van der Waals surface area contributed by atoms with Crippen molar-refractivity contribution in [1.82, 2.24) is 9.88 Å². The number of carbonyl (C=O) groups is 3. The van der Waals surface area contributed by atoms with Crippen LogP contribution in [0.1, 0.15) is 21.6 Å². The Bertz CT molecular complexity index is 1620. The highest BCUT2D eigenvalue weighted by Crippen LogP contribution is 2.37.